The maximum Gasteiger partial charge on any atom is 0.358 e. The van der Waals surface area contributed by atoms with E-state index in [1.54, 1.807) is 0 Å². The molecule has 2 atom stereocenters. The maximum atomic E-state index is 12.5. The molecule has 1 heterocycles. The molecule has 1 aliphatic rings. The molecule has 0 saturated heterocycles. The third kappa shape index (κ3) is 3.60. The van der Waals surface area contributed by atoms with E-state index in [2.05, 4.69) is 14.4 Å². The largest absolute Gasteiger partial charge is 0.464 e. The molecular weight excluding hydrogens is 314 g/mol. The van der Waals surface area contributed by atoms with Crippen molar-refractivity contribution in [2.45, 2.75) is 35.9 Å². The summed E-state index contributed by atoms with van der Waals surface area (Å²) in [5, 5.41) is 0. The summed E-state index contributed by atoms with van der Waals surface area (Å²) in [6.45, 7) is 0.444. The predicted octanol–water partition coefficient (Wildman–Crippen LogP) is 0.725. The van der Waals surface area contributed by atoms with Crippen molar-refractivity contribution in [1.82, 2.24) is 9.71 Å². The Morgan fingerprint density at radius 2 is 2.24 bits per heavy atom. The molecule has 7 nitrogen and oxygen atoms in total. The fraction of sp³-hybridized carbons (Fsp3) is 0.667. The van der Waals surface area contributed by atoms with Crippen molar-refractivity contribution in [3.63, 3.8) is 0 Å². The van der Waals surface area contributed by atoms with Gasteiger partial charge in [0.25, 0.3) is 10.0 Å². The van der Waals surface area contributed by atoms with Crippen LogP contribution in [0.4, 0.5) is 0 Å². The Morgan fingerprint density at radius 3 is 2.90 bits per heavy atom. The van der Waals surface area contributed by atoms with Crippen molar-refractivity contribution in [1.29, 1.82) is 0 Å². The monoisotopic (exact) mass is 333 g/mol. The van der Waals surface area contributed by atoms with E-state index >= 15 is 0 Å². The number of carbonyl (C=O) groups is 1. The van der Waals surface area contributed by atoms with Crippen molar-refractivity contribution < 1.29 is 17.9 Å². The number of nitrogens with two attached hydrogens (primary N) is 1. The van der Waals surface area contributed by atoms with E-state index in [1.807, 2.05) is 0 Å². The van der Waals surface area contributed by atoms with Gasteiger partial charge in [0.2, 0.25) is 0 Å². The normalized spacial score (nSPS) is 23.0. The number of aromatic nitrogens is 1. The van der Waals surface area contributed by atoms with E-state index in [0.29, 0.717) is 6.54 Å². The Balaban J connectivity index is 2.22. The second-order valence-electron chi connectivity index (χ2n) is 4.99. The zero-order valence-electron chi connectivity index (χ0n) is 11.7. The van der Waals surface area contributed by atoms with Crippen LogP contribution in [0.2, 0.25) is 0 Å². The highest BCUT2D eigenvalue weighted by Gasteiger charge is 2.32. The van der Waals surface area contributed by atoms with Crippen LogP contribution >= 0.6 is 11.3 Å². The highest BCUT2D eigenvalue weighted by atomic mass is 32.2. The van der Waals surface area contributed by atoms with Gasteiger partial charge >= 0.3 is 5.97 Å². The van der Waals surface area contributed by atoms with Gasteiger partial charge in [-0.25, -0.2) is 22.9 Å². The molecule has 1 aromatic heterocycles. The highest BCUT2D eigenvalue weighted by Crippen LogP contribution is 2.27. The number of nitrogens with zero attached hydrogens (tertiary/aromatic N) is 1. The fourth-order valence-corrected chi connectivity index (χ4v) is 5.04. The van der Waals surface area contributed by atoms with E-state index < -0.39 is 16.0 Å². The van der Waals surface area contributed by atoms with Crippen molar-refractivity contribution in [2.24, 2.45) is 11.7 Å². The second-order valence-corrected chi connectivity index (χ2v) is 7.75. The lowest BCUT2D eigenvalue weighted by molar-refractivity contribution is 0.0590. The van der Waals surface area contributed by atoms with Crippen LogP contribution in [-0.2, 0) is 14.8 Å². The Morgan fingerprint density at radius 1 is 1.52 bits per heavy atom. The van der Waals surface area contributed by atoms with Gasteiger partial charge in [-0.1, -0.05) is 12.8 Å². The molecule has 0 radical (unpaired) electrons. The predicted molar refractivity (Wildman–Crippen MR) is 78.6 cm³/mol. The first kappa shape index (κ1) is 16.3. The number of nitrogens with one attached hydrogen (secondary N) is 1. The van der Waals surface area contributed by atoms with Crippen LogP contribution < -0.4 is 10.5 Å². The molecule has 0 aliphatic heterocycles. The van der Waals surface area contributed by atoms with Crippen molar-refractivity contribution in [3.05, 3.63) is 11.2 Å². The third-order valence-corrected chi connectivity index (χ3v) is 6.54. The van der Waals surface area contributed by atoms with Gasteiger partial charge in [0.15, 0.2) is 9.90 Å². The van der Waals surface area contributed by atoms with Crippen molar-refractivity contribution in [3.8, 4) is 0 Å². The first-order valence-electron chi connectivity index (χ1n) is 6.73. The first-order chi connectivity index (χ1) is 9.99. The average molecular weight is 333 g/mol. The van der Waals surface area contributed by atoms with Gasteiger partial charge in [0.1, 0.15) is 0 Å². The maximum absolute atomic E-state index is 12.5. The van der Waals surface area contributed by atoms with Crippen LogP contribution in [0.1, 0.15) is 36.2 Å². The average Bonchev–Trinajstić information content (AvgIpc) is 2.97. The summed E-state index contributed by atoms with van der Waals surface area (Å²) in [6, 6.07) is -0.193. The Kier molecular flexibility index (Phi) is 5.31. The van der Waals surface area contributed by atoms with Gasteiger partial charge in [-0.3, -0.25) is 0 Å². The van der Waals surface area contributed by atoms with Gasteiger partial charge in [0, 0.05) is 6.04 Å². The number of thiazole rings is 1. The quantitative estimate of drug-likeness (QED) is 0.768. The summed E-state index contributed by atoms with van der Waals surface area (Å²) in [6.07, 6.45) is 3.70. The smallest absolute Gasteiger partial charge is 0.358 e. The zero-order valence-corrected chi connectivity index (χ0v) is 13.4. The molecule has 2 unspecified atom stereocenters. The van der Waals surface area contributed by atoms with E-state index in [0.717, 1.165) is 37.0 Å². The standard InChI is InChI=1S/C12H19N3O4S2/c1-19-11(16)10-12(20-7-14-10)21(17,18)15-9-5-3-2-4-8(9)6-13/h7-9,15H,2-6,13H2,1H3. The van der Waals surface area contributed by atoms with Crippen molar-refractivity contribution in [2.75, 3.05) is 13.7 Å². The van der Waals surface area contributed by atoms with Gasteiger partial charge in [-0.2, -0.15) is 0 Å². The van der Waals surface area contributed by atoms with Gasteiger partial charge in [-0.05, 0) is 25.3 Å². The summed E-state index contributed by atoms with van der Waals surface area (Å²) >= 11 is 0.904. The van der Waals surface area contributed by atoms with Gasteiger partial charge in [0.05, 0.1) is 12.6 Å². The van der Waals surface area contributed by atoms with E-state index in [-0.39, 0.29) is 21.9 Å². The molecule has 21 heavy (non-hydrogen) atoms. The molecule has 1 aliphatic carbocycles. The first-order valence-corrected chi connectivity index (χ1v) is 9.10. The molecule has 0 bridgehead atoms. The van der Waals surface area contributed by atoms with Crippen LogP contribution in [0.15, 0.2) is 9.72 Å². The van der Waals surface area contributed by atoms with Crippen LogP contribution in [-0.4, -0.2) is 39.1 Å². The van der Waals surface area contributed by atoms with Crippen LogP contribution in [0, 0.1) is 5.92 Å². The minimum atomic E-state index is -3.80. The molecular formula is C12H19N3O4S2. The fourth-order valence-electron chi connectivity index (χ4n) is 2.56. The number of hydrogen-bond acceptors (Lipinski definition) is 7. The SMILES string of the molecule is COC(=O)c1ncsc1S(=O)(=O)NC1CCCCC1CN. The Hall–Kier alpha value is -1.03. The molecule has 1 aromatic rings. The molecule has 2 rings (SSSR count). The summed E-state index contributed by atoms with van der Waals surface area (Å²) < 4.78 is 32.1. The number of methoxy groups -OCH3 is 1. The lowest BCUT2D eigenvalue weighted by Gasteiger charge is -2.30. The van der Waals surface area contributed by atoms with Crippen molar-refractivity contribution >= 4 is 27.3 Å². The molecule has 1 fully saturated rings. The summed E-state index contributed by atoms with van der Waals surface area (Å²) in [7, 11) is -2.60. The summed E-state index contributed by atoms with van der Waals surface area (Å²) in [4.78, 5) is 15.4. The topological polar surface area (TPSA) is 111 Å². The van der Waals surface area contributed by atoms with E-state index in [4.69, 9.17) is 5.73 Å². The van der Waals surface area contributed by atoms with Crippen LogP contribution in [0.25, 0.3) is 0 Å². The minimum Gasteiger partial charge on any atom is -0.464 e. The number of hydrogen-bond donors (Lipinski definition) is 2. The van der Waals surface area contributed by atoms with Gasteiger partial charge < -0.3 is 10.5 Å². The number of sulfonamides is 1. The Labute approximate surface area is 127 Å². The number of ether oxygens (including phenoxy) is 1. The molecule has 118 valence electrons. The molecule has 9 heteroatoms. The second kappa shape index (κ2) is 6.82. The molecule has 0 spiro atoms. The number of rotatable bonds is 5. The lowest BCUT2D eigenvalue weighted by atomic mass is 9.85. The Bertz CT molecular complexity index is 599. The van der Waals surface area contributed by atoms with E-state index in [9.17, 15) is 13.2 Å². The highest BCUT2D eigenvalue weighted by molar-refractivity contribution is 7.91. The van der Waals surface area contributed by atoms with Crippen LogP contribution in [0.5, 0.6) is 0 Å². The van der Waals surface area contributed by atoms with Crippen LogP contribution in [0.3, 0.4) is 0 Å². The lowest BCUT2D eigenvalue weighted by Crippen LogP contribution is -2.44. The summed E-state index contributed by atoms with van der Waals surface area (Å²) in [5.74, 6) is -0.626. The summed E-state index contributed by atoms with van der Waals surface area (Å²) in [5.41, 5.74) is 6.86. The number of carbonyl (C=O) groups excluding carboxylic acids is 1. The zero-order chi connectivity index (χ0) is 15.5. The minimum absolute atomic E-state index is 0.101. The number of esters is 1. The molecule has 1 saturated carbocycles. The molecule has 0 amide bonds. The third-order valence-electron chi connectivity index (χ3n) is 3.68. The molecule has 3 N–H and O–H groups in total. The van der Waals surface area contributed by atoms with E-state index in [1.165, 1.54) is 12.6 Å². The molecule has 0 aromatic carbocycles. The van der Waals surface area contributed by atoms with Gasteiger partial charge in [-0.15, -0.1) is 11.3 Å².